The first-order chi connectivity index (χ1) is 10.5. The van der Waals surface area contributed by atoms with E-state index in [9.17, 15) is 4.79 Å². The number of aromatic nitrogens is 5. The third-order valence-electron chi connectivity index (χ3n) is 3.63. The molecule has 0 spiro atoms. The average molecular weight is 298 g/mol. The van der Waals surface area contributed by atoms with Gasteiger partial charge in [0.1, 0.15) is 11.4 Å². The van der Waals surface area contributed by atoms with Crippen molar-refractivity contribution in [3.8, 4) is 0 Å². The minimum Gasteiger partial charge on any atom is -0.345 e. The summed E-state index contributed by atoms with van der Waals surface area (Å²) >= 11 is 0. The van der Waals surface area contributed by atoms with Gasteiger partial charge in [-0.1, -0.05) is 0 Å². The first-order valence-corrected chi connectivity index (χ1v) is 7.05. The summed E-state index contributed by atoms with van der Waals surface area (Å²) in [5.74, 6) is 0.607. The normalized spacial score (nSPS) is 11.1. The van der Waals surface area contributed by atoms with Crippen molar-refractivity contribution in [2.75, 3.05) is 0 Å². The van der Waals surface area contributed by atoms with Gasteiger partial charge in [0, 0.05) is 30.8 Å². The summed E-state index contributed by atoms with van der Waals surface area (Å²) in [4.78, 5) is 21.2. The van der Waals surface area contributed by atoms with Crippen LogP contribution in [0.2, 0.25) is 0 Å². The monoisotopic (exact) mass is 298 g/mol. The van der Waals surface area contributed by atoms with Crippen LogP contribution in [0.4, 0.5) is 0 Å². The van der Waals surface area contributed by atoms with Crippen molar-refractivity contribution < 1.29 is 4.79 Å². The number of carbonyl (C=O) groups excluding carboxylic acids is 1. The zero-order valence-electron chi connectivity index (χ0n) is 13.1. The molecule has 0 bridgehead atoms. The molecular weight excluding hydrogens is 280 g/mol. The number of rotatable bonds is 3. The molecule has 0 saturated heterocycles. The number of aryl methyl sites for hydroxylation is 4. The highest BCUT2D eigenvalue weighted by Crippen LogP contribution is 2.16. The molecule has 3 rings (SSSR count). The number of nitrogens with one attached hydrogen (secondary N) is 1. The number of hydrogen-bond donors (Lipinski definition) is 1. The van der Waals surface area contributed by atoms with Gasteiger partial charge in [-0.25, -0.2) is 14.5 Å². The third-order valence-corrected chi connectivity index (χ3v) is 3.63. The molecule has 3 aromatic rings. The molecule has 0 fully saturated rings. The quantitative estimate of drug-likeness (QED) is 0.791. The molecule has 3 heterocycles. The molecule has 0 atom stereocenters. The van der Waals surface area contributed by atoms with E-state index in [0.717, 1.165) is 17.2 Å². The van der Waals surface area contributed by atoms with Gasteiger partial charge in [0.05, 0.1) is 12.2 Å². The molecule has 0 unspecified atom stereocenters. The Kier molecular flexibility index (Phi) is 3.40. The smallest absolute Gasteiger partial charge is 0.257 e. The Morgan fingerprint density at radius 2 is 2.09 bits per heavy atom. The fraction of sp³-hybridized carbons (Fsp3) is 0.333. The van der Waals surface area contributed by atoms with Crippen LogP contribution in [0.25, 0.3) is 5.65 Å². The van der Waals surface area contributed by atoms with Crippen molar-refractivity contribution >= 4 is 11.6 Å². The molecule has 0 aliphatic heterocycles. The molecule has 1 N–H and O–H groups in total. The fourth-order valence-electron chi connectivity index (χ4n) is 2.51. The Morgan fingerprint density at radius 3 is 2.77 bits per heavy atom. The van der Waals surface area contributed by atoms with Crippen molar-refractivity contribution in [3.05, 3.63) is 46.9 Å². The highest BCUT2D eigenvalue weighted by Gasteiger charge is 2.19. The Bertz CT molecular complexity index is 860. The molecule has 3 aromatic heterocycles. The topological polar surface area (TPSA) is 77.1 Å². The summed E-state index contributed by atoms with van der Waals surface area (Å²) in [5, 5.41) is 7.29. The van der Waals surface area contributed by atoms with Crippen LogP contribution in [0.5, 0.6) is 0 Å². The summed E-state index contributed by atoms with van der Waals surface area (Å²) in [6, 6.07) is 1.94. The second-order valence-corrected chi connectivity index (χ2v) is 5.37. The molecule has 0 aliphatic carbocycles. The van der Waals surface area contributed by atoms with Crippen molar-refractivity contribution in [2.24, 2.45) is 7.05 Å². The Balaban J connectivity index is 1.94. The lowest BCUT2D eigenvalue weighted by molar-refractivity contribution is 0.0950. The van der Waals surface area contributed by atoms with Crippen LogP contribution < -0.4 is 5.32 Å². The minimum atomic E-state index is -0.187. The van der Waals surface area contributed by atoms with Crippen LogP contribution in [0.15, 0.2) is 18.5 Å². The zero-order chi connectivity index (χ0) is 15.9. The highest BCUT2D eigenvalue weighted by molar-refractivity contribution is 6.01. The van der Waals surface area contributed by atoms with E-state index in [2.05, 4.69) is 20.4 Å². The maximum absolute atomic E-state index is 12.5. The second-order valence-electron chi connectivity index (χ2n) is 5.37. The molecule has 0 radical (unpaired) electrons. The van der Waals surface area contributed by atoms with Gasteiger partial charge in [-0.05, 0) is 26.8 Å². The summed E-state index contributed by atoms with van der Waals surface area (Å²) in [6.07, 6.45) is 3.55. The van der Waals surface area contributed by atoms with Gasteiger partial charge in [0.15, 0.2) is 5.65 Å². The second kappa shape index (κ2) is 5.25. The summed E-state index contributed by atoms with van der Waals surface area (Å²) in [5.41, 5.74) is 3.59. The molecule has 114 valence electrons. The van der Waals surface area contributed by atoms with E-state index in [1.165, 1.54) is 0 Å². The number of carbonyl (C=O) groups is 1. The molecule has 0 aliphatic rings. The van der Waals surface area contributed by atoms with E-state index in [1.807, 2.05) is 44.6 Å². The Hall–Kier alpha value is -2.70. The SMILES string of the molecule is Cc1cc(C)n2nc(C)c(C(=O)NCc3nccn3C)c2n1. The number of amides is 1. The largest absolute Gasteiger partial charge is 0.345 e. The molecule has 1 amide bonds. The number of fused-ring (bicyclic) bond motifs is 1. The van der Waals surface area contributed by atoms with Gasteiger partial charge in [-0.15, -0.1) is 0 Å². The fourth-order valence-corrected chi connectivity index (χ4v) is 2.51. The molecule has 7 heteroatoms. The third kappa shape index (κ3) is 2.34. The van der Waals surface area contributed by atoms with Gasteiger partial charge < -0.3 is 9.88 Å². The lowest BCUT2D eigenvalue weighted by Crippen LogP contribution is -2.25. The first kappa shape index (κ1) is 14.2. The van der Waals surface area contributed by atoms with Crippen molar-refractivity contribution in [2.45, 2.75) is 27.3 Å². The average Bonchev–Trinajstić information content (AvgIpc) is 2.99. The summed E-state index contributed by atoms with van der Waals surface area (Å²) in [6.45, 7) is 6.04. The molecule has 7 nitrogen and oxygen atoms in total. The summed E-state index contributed by atoms with van der Waals surface area (Å²) < 4.78 is 3.58. The number of imidazole rings is 1. The molecule has 22 heavy (non-hydrogen) atoms. The van der Waals surface area contributed by atoms with Crippen LogP contribution in [-0.4, -0.2) is 30.1 Å². The van der Waals surface area contributed by atoms with E-state index >= 15 is 0 Å². The van der Waals surface area contributed by atoms with E-state index in [-0.39, 0.29) is 5.91 Å². The van der Waals surface area contributed by atoms with Gasteiger partial charge in [-0.3, -0.25) is 4.79 Å². The van der Waals surface area contributed by atoms with Gasteiger partial charge in [0.25, 0.3) is 5.91 Å². The molecule has 0 aromatic carbocycles. The maximum Gasteiger partial charge on any atom is 0.257 e. The van der Waals surface area contributed by atoms with E-state index in [4.69, 9.17) is 0 Å². The van der Waals surface area contributed by atoms with Crippen LogP contribution in [0.3, 0.4) is 0 Å². The Morgan fingerprint density at radius 1 is 1.32 bits per heavy atom. The molecule has 0 saturated carbocycles. The van der Waals surface area contributed by atoms with Crippen molar-refractivity contribution in [1.82, 2.24) is 29.5 Å². The number of nitrogens with zero attached hydrogens (tertiary/aromatic N) is 5. The summed E-state index contributed by atoms with van der Waals surface area (Å²) in [7, 11) is 1.89. The standard InChI is InChI=1S/C15H18N6O/c1-9-7-10(2)21-14(18-9)13(11(3)19-21)15(22)17-8-12-16-5-6-20(12)4/h5-7H,8H2,1-4H3,(H,17,22). The van der Waals surface area contributed by atoms with Gasteiger partial charge >= 0.3 is 0 Å². The first-order valence-electron chi connectivity index (χ1n) is 7.05. The van der Waals surface area contributed by atoms with Crippen LogP contribution in [0.1, 0.15) is 33.3 Å². The zero-order valence-corrected chi connectivity index (χ0v) is 13.1. The van der Waals surface area contributed by atoms with Crippen molar-refractivity contribution in [3.63, 3.8) is 0 Å². The number of hydrogen-bond acceptors (Lipinski definition) is 4. The van der Waals surface area contributed by atoms with Crippen molar-refractivity contribution in [1.29, 1.82) is 0 Å². The molecular formula is C15H18N6O. The van der Waals surface area contributed by atoms with Gasteiger partial charge in [0.2, 0.25) is 0 Å². The maximum atomic E-state index is 12.5. The van der Waals surface area contributed by atoms with Crippen LogP contribution in [-0.2, 0) is 13.6 Å². The van der Waals surface area contributed by atoms with E-state index in [1.54, 1.807) is 10.7 Å². The predicted molar refractivity (Wildman–Crippen MR) is 81.6 cm³/mol. The lowest BCUT2D eigenvalue weighted by Gasteiger charge is -2.05. The van der Waals surface area contributed by atoms with Crippen LogP contribution >= 0.6 is 0 Å². The predicted octanol–water partition coefficient (Wildman–Crippen LogP) is 1.32. The lowest BCUT2D eigenvalue weighted by atomic mass is 10.2. The van der Waals surface area contributed by atoms with Crippen LogP contribution in [0, 0.1) is 20.8 Å². The van der Waals surface area contributed by atoms with Gasteiger partial charge in [-0.2, -0.15) is 5.10 Å². The van der Waals surface area contributed by atoms with E-state index < -0.39 is 0 Å². The highest BCUT2D eigenvalue weighted by atomic mass is 16.1. The minimum absolute atomic E-state index is 0.187. The van der Waals surface area contributed by atoms with E-state index in [0.29, 0.717) is 23.4 Å². The Labute approximate surface area is 128 Å².